The Bertz CT molecular complexity index is 724. The molecule has 0 bridgehead atoms. The zero-order valence-electron chi connectivity index (χ0n) is 10.8. The molecular weight excluding hydrogens is 300 g/mol. The van der Waals surface area contributed by atoms with Gasteiger partial charge in [0.15, 0.2) is 0 Å². The van der Waals surface area contributed by atoms with Crippen LogP contribution in [0.5, 0.6) is 0 Å². The van der Waals surface area contributed by atoms with Crippen LogP contribution in [0.4, 0.5) is 0 Å². The lowest BCUT2D eigenvalue weighted by Crippen LogP contribution is -2.50. The van der Waals surface area contributed by atoms with E-state index in [1.807, 2.05) is 0 Å². The molecule has 106 valence electrons. The summed E-state index contributed by atoms with van der Waals surface area (Å²) in [5.41, 5.74) is 0.693. The van der Waals surface area contributed by atoms with Gasteiger partial charge in [-0.3, -0.25) is 0 Å². The van der Waals surface area contributed by atoms with Crippen molar-refractivity contribution in [3.8, 4) is 0 Å². The van der Waals surface area contributed by atoms with E-state index in [2.05, 4.69) is 10.3 Å². The third-order valence-electron chi connectivity index (χ3n) is 3.41. The lowest BCUT2D eigenvalue weighted by molar-refractivity contribution is 0.189. The van der Waals surface area contributed by atoms with Crippen molar-refractivity contribution in [2.45, 2.75) is 17.9 Å². The van der Waals surface area contributed by atoms with Crippen LogP contribution in [0.25, 0.3) is 0 Å². The number of halogens is 1. The molecule has 1 aliphatic heterocycles. The molecule has 6 nitrogen and oxygen atoms in total. The average molecular weight is 313 g/mol. The maximum absolute atomic E-state index is 12.5. The van der Waals surface area contributed by atoms with E-state index in [9.17, 15) is 8.42 Å². The Labute approximate surface area is 122 Å². The first-order valence-electron chi connectivity index (χ1n) is 6.10. The van der Waals surface area contributed by atoms with Crippen molar-refractivity contribution >= 4 is 21.6 Å². The monoisotopic (exact) mass is 312 g/mol. The van der Waals surface area contributed by atoms with Gasteiger partial charge in [-0.1, -0.05) is 22.9 Å². The molecule has 1 aromatic heterocycles. The maximum atomic E-state index is 12.5. The number of aromatic nitrogens is 3. The van der Waals surface area contributed by atoms with Gasteiger partial charge in [0.25, 0.3) is 0 Å². The molecule has 1 fully saturated rings. The lowest BCUT2D eigenvalue weighted by Gasteiger charge is -2.37. The van der Waals surface area contributed by atoms with Gasteiger partial charge in [-0.05, 0) is 24.6 Å². The number of sulfonamides is 1. The average Bonchev–Trinajstić information content (AvgIpc) is 2.83. The molecule has 0 N–H and O–H groups in total. The van der Waals surface area contributed by atoms with Gasteiger partial charge in [0, 0.05) is 24.3 Å². The molecule has 1 aromatic carbocycles. The fraction of sp³-hybridized carbons (Fsp3) is 0.333. The van der Waals surface area contributed by atoms with Crippen LogP contribution in [0.1, 0.15) is 11.6 Å². The number of nitrogens with zero attached hydrogens (tertiary/aromatic N) is 4. The van der Waals surface area contributed by atoms with E-state index in [4.69, 9.17) is 11.6 Å². The van der Waals surface area contributed by atoms with Gasteiger partial charge >= 0.3 is 0 Å². The summed E-state index contributed by atoms with van der Waals surface area (Å²) in [7, 11) is -3.49. The van der Waals surface area contributed by atoms with Gasteiger partial charge in [-0.25, -0.2) is 13.1 Å². The van der Waals surface area contributed by atoms with E-state index in [0.29, 0.717) is 23.7 Å². The number of aryl methyl sites for hydroxylation is 1. The van der Waals surface area contributed by atoms with E-state index in [0.717, 1.165) is 0 Å². The molecule has 1 aliphatic rings. The molecule has 3 rings (SSSR count). The summed E-state index contributed by atoms with van der Waals surface area (Å²) in [5, 5.41) is 8.03. The minimum absolute atomic E-state index is 0.0479. The molecule has 0 amide bonds. The highest BCUT2D eigenvalue weighted by atomic mass is 35.5. The highest BCUT2D eigenvalue weighted by molar-refractivity contribution is 7.89. The second-order valence-electron chi connectivity index (χ2n) is 4.77. The molecule has 0 saturated carbocycles. The Balaban J connectivity index is 1.82. The van der Waals surface area contributed by atoms with Crippen molar-refractivity contribution in [2.75, 3.05) is 13.1 Å². The summed E-state index contributed by atoms with van der Waals surface area (Å²) in [6.07, 6.45) is 3.32. The van der Waals surface area contributed by atoms with E-state index >= 15 is 0 Å². The van der Waals surface area contributed by atoms with E-state index in [-0.39, 0.29) is 10.9 Å². The van der Waals surface area contributed by atoms with Gasteiger partial charge in [-0.2, -0.15) is 4.31 Å². The predicted molar refractivity (Wildman–Crippen MR) is 74.0 cm³/mol. The smallest absolute Gasteiger partial charge is 0.243 e. The van der Waals surface area contributed by atoms with E-state index < -0.39 is 10.0 Å². The first-order chi connectivity index (χ1) is 9.48. The Hall–Kier alpha value is -1.44. The summed E-state index contributed by atoms with van der Waals surface area (Å²) in [6.45, 7) is 2.56. The Kier molecular flexibility index (Phi) is 3.27. The van der Waals surface area contributed by atoms with Crippen molar-refractivity contribution in [3.63, 3.8) is 0 Å². The van der Waals surface area contributed by atoms with Gasteiger partial charge in [-0.15, -0.1) is 5.10 Å². The van der Waals surface area contributed by atoms with Crippen molar-refractivity contribution in [2.24, 2.45) is 0 Å². The van der Waals surface area contributed by atoms with Crippen LogP contribution in [0, 0.1) is 6.92 Å². The highest BCUT2D eigenvalue weighted by Crippen LogP contribution is 2.30. The molecule has 0 aliphatic carbocycles. The molecule has 1 saturated heterocycles. The Morgan fingerprint density at radius 3 is 2.75 bits per heavy atom. The summed E-state index contributed by atoms with van der Waals surface area (Å²) in [6, 6.07) is 4.94. The normalized spacial score (nSPS) is 17.1. The number of hydrogen-bond acceptors (Lipinski definition) is 4. The molecule has 2 heterocycles. The molecule has 2 aromatic rings. The number of hydrogen-bond donors (Lipinski definition) is 0. The standard InChI is InChI=1S/C12H13ClN4O2S/c1-9-2-3-10(13)6-12(9)20(18,19)16-7-11(8-16)17-5-4-14-15-17/h2-6,11H,7-8H2,1H3. The van der Waals surface area contributed by atoms with Crippen LogP contribution in [-0.4, -0.2) is 40.8 Å². The summed E-state index contributed by atoms with van der Waals surface area (Å²) >= 11 is 5.89. The SMILES string of the molecule is Cc1ccc(Cl)cc1S(=O)(=O)N1CC(n2ccnn2)C1. The number of rotatable bonds is 3. The van der Waals surface area contributed by atoms with Crippen LogP contribution in [-0.2, 0) is 10.0 Å². The van der Waals surface area contributed by atoms with E-state index in [1.165, 1.54) is 10.4 Å². The Morgan fingerprint density at radius 2 is 2.10 bits per heavy atom. The van der Waals surface area contributed by atoms with Gasteiger partial charge in [0.2, 0.25) is 10.0 Å². The van der Waals surface area contributed by atoms with Crippen LogP contribution < -0.4 is 0 Å². The molecule has 0 unspecified atom stereocenters. The summed E-state index contributed by atoms with van der Waals surface area (Å²) < 4.78 is 28.2. The minimum atomic E-state index is -3.49. The summed E-state index contributed by atoms with van der Waals surface area (Å²) in [5.74, 6) is 0. The fourth-order valence-corrected chi connectivity index (χ4v) is 4.19. The molecule has 20 heavy (non-hydrogen) atoms. The topological polar surface area (TPSA) is 68.1 Å². The van der Waals surface area contributed by atoms with Gasteiger partial charge < -0.3 is 0 Å². The van der Waals surface area contributed by atoms with Crippen LogP contribution in [0.15, 0.2) is 35.5 Å². The second kappa shape index (κ2) is 4.83. The zero-order chi connectivity index (χ0) is 14.3. The summed E-state index contributed by atoms with van der Waals surface area (Å²) in [4.78, 5) is 0.266. The largest absolute Gasteiger partial charge is 0.247 e. The second-order valence-corrected chi connectivity index (χ2v) is 7.11. The van der Waals surface area contributed by atoms with Gasteiger partial charge in [0.1, 0.15) is 0 Å². The molecule has 8 heteroatoms. The van der Waals surface area contributed by atoms with Crippen LogP contribution in [0.2, 0.25) is 5.02 Å². The maximum Gasteiger partial charge on any atom is 0.243 e. The third-order valence-corrected chi connectivity index (χ3v) is 5.62. The quantitative estimate of drug-likeness (QED) is 0.861. The first-order valence-corrected chi connectivity index (χ1v) is 7.92. The molecule has 0 spiro atoms. The number of benzene rings is 1. The lowest BCUT2D eigenvalue weighted by atomic mass is 10.2. The van der Waals surface area contributed by atoms with Gasteiger partial charge in [0.05, 0.1) is 17.1 Å². The molecular formula is C12H13ClN4O2S. The first kappa shape index (κ1) is 13.5. The van der Waals surface area contributed by atoms with Crippen LogP contribution in [0.3, 0.4) is 0 Å². The van der Waals surface area contributed by atoms with E-state index in [1.54, 1.807) is 36.1 Å². The van der Waals surface area contributed by atoms with Crippen molar-refractivity contribution in [3.05, 3.63) is 41.2 Å². The highest BCUT2D eigenvalue weighted by Gasteiger charge is 2.38. The predicted octanol–water partition coefficient (Wildman–Crippen LogP) is 1.49. The van der Waals surface area contributed by atoms with Crippen molar-refractivity contribution in [1.82, 2.24) is 19.3 Å². The van der Waals surface area contributed by atoms with Crippen LogP contribution >= 0.6 is 11.6 Å². The Morgan fingerprint density at radius 1 is 1.35 bits per heavy atom. The van der Waals surface area contributed by atoms with Crippen molar-refractivity contribution in [1.29, 1.82) is 0 Å². The molecule has 0 radical (unpaired) electrons. The minimum Gasteiger partial charge on any atom is -0.247 e. The van der Waals surface area contributed by atoms with Crippen molar-refractivity contribution < 1.29 is 8.42 Å². The third kappa shape index (κ3) is 2.21. The molecule has 0 atom stereocenters. The zero-order valence-corrected chi connectivity index (χ0v) is 12.3. The fourth-order valence-electron chi connectivity index (χ4n) is 2.18.